The van der Waals surface area contributed by atoms with Crippen molar-refractivity contribution in [3.05, 3.63) is 52.5 Å². The van der Waals surface area contributed by atoms with E-state index >= 15 is 0 Å². The van der Waals surface area contributed by atoms with E-state index in [-0.39, 0.29) is 23.2 Å². The molecule has 2 aromatic carbocycles. The van der Waals surface area contributed by atoms with Crippen molar-refractivity contribution in [2.24, 2.45) is 0 Å². The number of rotatable bonds is 2. The summed E-state index contributed by atoms with van der Waals surface area (Å²) in [6, 6.07) is 7.83. The molecule has 2 aliphatic heterocycles. The lowest BCUT2D eigenvalue weighted by Crippen LogP contribution is -2.43. The van der Waals surface area contributed by atoms with Gasteiger partial charge in [-0.1, -0.05) is 11.6 Å². The molecule has 2 aliphatic rings. The van der Waals surface area contributed by atoms with E-state index in [1.54, 1.807) is 12.1 Å². The van der Waals surface area contributed by atoms with Gasteiger partial charge in [0.25, 0.3) is 5.91 Å². The number of amides is 2. The largest absolute Gasteiger partial charge is 0.417 e. The molecule has 0 radical (unpaired) electrons. The number of halogens is 4. The molecule has 5 nitrogen and oxygen atoms in total. The summed E-state index contributed by atoms with van der Waals surface area (Å²) in [7, 11) is 0. The standard InChI is InChI=1S/C19H15ClF3N3O2/c20-13-5-4-11(9-12(13)19(21,22)23)24-17(27)10-3-6-15-14(8-10)25-18(28)16-2-1-7-26(15)16/h3-6,8-9,16H,1-2,7H2,(H,24,27)(H,25,28)/t16-/m0/s1. The smallest absolute Gasteiger partial charge is 0.358 e. The van der Waals surface area contributed by atoms with E-state index < -0.39 is 22.7 Å². The maximum Gasteiger partial charge on any atom is 0.417 e. The first-order chi connectivity index (χ1) is 13.2. The molecular formula is C19H15ClF3N3O2. The van der Waals surface area contributed by atoms with Gasteiger partial charge >= 0.3 is 6.18 Å². The number of benzene rings is 2. The number of carbonyl (C=O) groups excluding carboxylic acids is 2. The van der Waals surface area contributed by atoms with Crippen LogP contribution in [0.4, 0.5) is 30.2 Å². The van der Waals surface area contributed by atoms with Crippen molar-refractivity contribution in [3.8, 4) is 0 Å². The predicted molar refractivity (Wildman–Crippen MR) is 99.8 cm³/mol. The average Bonchev–Trinajstić information content (AvgIpc) is 3.12. The lowest BCUT2D eigenvalue weighted by atomic mass is 10.1. The lowest BCUT2D eigenvalue weighted by molar-refractivity contribution is -0.137. The Morgan fingerprint density at radius 2 is 2.00 bits per heavy atom. The van der Waals surface area contributed by atoms with Crippen molar-refractivity contribution in [2.75, 3.05) is 22.1 Å². The van der Waals surface area contributed by atoms with Gasteiger partial charge < -0.3 is 15.5 Å². The molecule has 2 N–H and O–H groups in total. The van der Waals surface area contributed by atoms with Gasteiger partial charge in [0.1, 0.15) is 6.04 Å². The summed E-state index contributed by atoms with van der Waals surface area (Å²) < 4.78 is 38.9. The molecular weight excluding hydrogens is 395 g/mol. The molecule has 0 bridgehead atoms. The van der Waals surface area contributed by atoms with Crippen molar-refractivity contribution >= 4 is 40.5 Å². The molecule has 146 valence electrons. The number of carbonyl (C=O) groups is 2. The lowest BCUT2D eigenvalue weighted by Gasteiger charge is -2.33. The summed E-state index contributed by atoms with van der Waals surface area (Å²) in [6.45, 7) is 0.765. The van der Waals surface area contributed by atoms with Gasteiger partial charge in [-0.15, -0.1) is 0 Å². The molecule has 0 spiro atoms. The molecule has 2 amide bonds. The molecule has 2 heterocycles. The van der Waals surface area contributed by atoms with Crippen molar-refractivity contribution in [2.45, 2.75) is 25.1 Å². The second-order valence-corrected chi connectivity index (χ2v) is 7.13. The highest BCUT2D eigenvalue weighted by Crippen LogP contribution is 2.38. The Labute approximate surface area is 163 Å². The highest BCUT2D eigenvalue weighted by Gasteiger charge is 2.36. The number of nitrogens with one attached hydrogen (secondary N) is 2. The van der Waals surface area contributed by atoms with E-state index in [0.29, 0.717) is 5.69 Å². The van der Waals surface area contributed by atoms with Crippen molar-refractivity contribution in [3.63, 3.8) is 0 Å². The minimum absolute atomic E-state index is 0.0249. The van der Waals surface area contributed by atoms with Crippen LogP contribution in [-0.2, 0) is 11.0 Å². The fraction of sp³-hybridized carbons (Fsp3) is 0.263. The summed E-state index contributed by atoms with van der Waals surface area (Å²) in [5.41, 5.74) is 0.528. The fourth-order valence-electron chi connectivity index (χ4n) is 3.60. The third-order valence-electron chi connectivity index (χ3n) is 4.91. The van der Waals surface area contributed by atoms with Crippen LogP contribution >= 0.6 is 11.6 Å². The molecule has 4 rings (SSSR count). The normalized spacial score (nSPS) is 18.4. The van der Waals surface area contributed by atoms with Crippen LogP contribution in [0.2, 0.25) is 5.02 Å². The van der Waals surface area contributed by atoms with E-state index in [0.717, 1.165) is 37.2 Å². The second-order valence-electron chi connectivity index (χ2n) is 6.72. The topological polar surface area (TPSA) is 61.4 Å². The first-order valence-electron chi connectivity index (χ1n) is 8.64. The Kier molecular flexibility index (Phi) is 4.45. The van der Waals surface area contributed by atoms with Crippen molar-refractivity contribution in [1.82, 2.24) is 0 Å². The predicted octanol–water partition coefficient (Wildman–Crippen LogP) is 4.53. The van der Waals surface area contributed by atoms with Gasteiger partial charge in [0.05, 0.1) is 22.0 Å². The van der Waals surface area contributed by atoms with E-state index in [9.17, 15) is 22.8 Å². The van der Waals surface area contributed by atoms with Crippen LogP contribution in [0, 0.1) is 0 Å². The van der Waals surface area contributed by atoms with E-state index in [4.69, 9.17) is 11.6 Å². The van der Waals surface area contributed by atoms with Crippen molar-refractivity contribution < 1.29 is 22.8 Å². The highest BCUT2D eigenvalue weighted by atomic mass is 35.5. The number of anilines is 3. The molecule has 0 aromatic heterocycles. The zero-order valence-corrected chi connectivity index (χ0v) is 15.2. The SMILES string of the molecule is O=C(Nc1ccc(Cl)c(C(F)(F)F)c1)c1ccc2c(c1)NC(=O)[C@@H]1CCCN21. The molecule has 1 atom stereocenters. The Bertz CT molecular complexity index is 977. The third-order valence-corrected chi connectivity index (χ3v) is 5.24. The Morgan fingerprint density at radius 1 is 1.21 bits per heavy atom. The molecule has 0 unspecified atom stereocenters. The molecule has 0 saturated carbocycles. The molecule has 2 aromatic rings. The van der Waals surface area contributed by atoms with E-state index in [1.165, 1.54) is 12.1 Å². The molecule has 1 fully saturated rings. The number of hydrogen-bond donors (Lipinski definition) is 2. The van der Waals surface area contributed by atoms with Gasteiger partial charge in [-0.05, 0) is 49.2 Å². The highest BCUT2D eigenvalue weighted by molar-refractivity contribution is 6.31. The van der Waals surface area contributed by atoms with Crippen LogP contribution in [0.15, 0.2) is 36.4 Å². The Balaban J connectivity index is 1.58. The number of hydrogen-bond acceptors (Lipinski definition) is 3. The van der Waals surface area contributed by atoms with Gasteiger partial charge in [-0.25, -0.2) is 0 Å². The van der Waals surface area contributed by atoms with Gasteiger partial charge in [-0.2, -0.15) is 13.2 Å². The van der Waals surface area contributed by atoms with E-state index in [1.807, 2.05) is 4.90 Å². The summed E-state index contributed by atoms with van der Waals surface area (Å²) in [6.07, 6.45) is -2.93. The first kappa shape index (κ1) is 18.6. The Morgan fingerprint density at radius 3 is 2.75 bits per heavy atom. The summed E-state index contributed by atoms with van der Waals surface area (Å²) in [5.74, 6) is -0.703. The minimum Gasteiger partial charge on any atom is -0.358 e. The monoisotopic (exact) mass is 409 g/mol. The number of nitrogens with zero attached hydrogens (tertiary/aromatic N) is 1. The maximum absolute atomic E-state index is 13.0. The van der Waals surface area contributed by atoms with Crippen LogP contribution in [0.1, 0.15) is 28.8 Å². The molecule has 0 aliphatic carbocycles. The second kappa shape index (κ2) is 6.70. The summed E-state index contributed by atoms with van der Waals surface area (Å²) >= 11 is 5.59. The minimum atomic E-state index is -4.62. The molecule has 1 saturated heterocycles. The number of alkyl halides is 3. The van der Waals surface area contributed by atoms with Crippen LogP contribution in [0.5, 0.6) is 0 Å². The van der Waals surface area contributed by atoms with Gasteiger partial charge in [0, 0.05) is 17.8 Å². The molecule has 9 heteroatoms. The first-order valence-corrected chi connectivity index (χ1v) is 9.01. The maximum atomic E-state index is 13.0. The van der Waals surface area contributed by atoms with Gasteiger partial charge in [0.2, 0.25) is 5.91 Å². The van der Waals surface area contributed by atoms with Crippen LogP contribution in [-0.4, -0.2) is 24.4 Å². The zero-order chi connectivity index (χ0) is 20.1. The quantitative estimate of drug-likeness (QED) is 0.766. The Hall–Kier alpha value is -2.74. The zero-order valence-electron chi connectivity index (χ0n) is 14.4. The van der Waals surface area contributed by atoms with Crippen LogP contribution in [0.3, 0.4) is 0 Å². The third kappa shape index (κ3) is 3.28. The van der Waals surface area contributed by atoms with E-state index in [2.05, 4.69) is 10.6 Å². The number of fused-ring (bicyclic) bond motifs is 3. The van der Waals surface area contributed by atoms with Crippen molar-refractivity contribution in [1.29, 1.82) is 0 Å². The van der Waals surface area contributed by atoms with Crippen LogP contribution in [0.25, 0.3) is 0 Å². The summed E-state index contributed by atoms with van der Waals surface area (Å²) in [4.78, 5) is 26.7. The van der Waals surface area contributed by atoms with Gasteiger partial charge in [0.15, 0.2) is 0 Å². The fourth-order valence-corrected chi connectivity index (χ4v) is 3.82. The van der Waals surface area contributed by atoms with Crippen LogP contribution < -0.4 is 15.5 Å². The van der Waals surface area contributed by atoms with Gasteiger partial charge in [-0.3, -0.25) is 9.59 Å². The average molecular weight is 410 g/mol. The molecule has 28 heavy (non-hydrogen) atoms. The summed E-state index contributed by atoms with van der Waals surface area (Å²) in [5, 5.41) is 4.80.